The van der Waals surface area contributed by atoms with Crippen molar-refractivity contribution in [1.29, 1.82) is 0 Å². The van der Waals surface area contributed by atoms with Crippen molar-refractivity contribution in [2.45, 2.75) is 26.5 Å². The summed E-state index contributed by atoms with van der Waals surface area (Å²) in [6.07, 6.45) is 1.41. The van der Waals surface area contributed by atoms with Crippen molar-refractivity contribution in [3.05, 3.63) is 46.7 Å². The number of ether oxygens (including phenoxy) is 1. The highest BCUT2D eigenvalue weighted by Crippen LogP contribution is 2.23. The first-order chi connectivity index (χ1) is 9.90. The van der Waals surface area contributed by atoms with Gasteiger partial charge in [-0.3, -0.25) is 9.48 Å². The smallest absolute Gasteiger partial charge is 0.387 e. The molecule has 21 heavy (non-hydrogen) atoms. The van der Waals surface area contributed by atoms with Gasteiger partial charge in [0.1, 0.15) is 11.4 Å². The number of nitrogens with zero attached hydrogens (tertiary/aromatic N) is 2. The summed E-state index contributed by atoms with van der Waals surface area (Å²) in [6, 6.07) is 5.41. The molecule has 0 aliphatic heterocycles. The summed E-state index contributed by atoms with van der Waals surface area (Å²) < 4.78 is 29.9. The minimum atomic E-state index is -2.90. The van der Waals surface area contributed by atoms with Crippen molar-refractivity contribution in [3.63, 3.8) is 0 Å². The Bertz CT molecular complexity index is 639. The van der Waals surface area contributed by atoms with Crippen molar-refractivity contribution < 1.29 is 18.3 Å². The molecule has 0 N–H and O–H groups in total. The van der Waals surface area contributed by atoms with Crippen LogP contribution in [-0.2, 0) is 0 Å². The molecule has 0 fully saturated rings. The lowest BCUT2D eigenvalue weighted by Crippen LogP contribution is -2.14. The van der Waals surface area contributed by atoms with Gasteiger partial charge in [-0.1, -0.05) is 11.6 Å². The molecule has 1 aromatic carbocycles. The average Bonchev–Trinajstić information content (AvgIpc) is 2.80. The zero-order valence-electron chi connectivity index (χ0n) is 11.4. The van der Waals surface area contributed by atoms with Gasteiger partial charge in [0.15, 0.2) is 0 Å². The first-order valence-electron chi connectivity index (χ1n) is 6.22. The fourth-order valence-corrected chi connectivity index (χ4v) is 2.09. The van der Waals surface area contributed by atoms with Crippen molar-refractivity contribution in [2.24, 2.45) is 0 Å². The van der Waals surface area contributed by atoms with E-state index in [1.54, 1.807) is 0 Å². The second-order valence-electron chi connectivity index (χ2n) is 4.61. The number of aromatic nitrogens is 2. The summed E-state index contributed by atoms with van der Waals surface area (Å²) in [6.45, 7) is 0.850. The van der Waals surface area contributed by atoms with Gasteiger partial charge in [0.2, 0.25) is 5.78 Å². The largest absolute Gasteiger partial charge is 0.435 e. The van der Waals surface area contributed by atoms with Gasteiger partial charge in [0.05, 0.1) is 11.2 Å². The molecule has 2 aromatic rings. The van der Waals surface area contributed by atoms with E-state index in [0.717, 1.165) is 0 Å². The van der Waals surface area contributed by atoms with Crippen LogP contribution in [0.3, 0.4) is 0 Å². The van der Waals surface area contributed by atoms with E-state index in [9.17, 15) is 13.6 Å². The number of carbonyl (C=O) groups is 1. The number of benzene rings is 1. The summed E-state index contributed by atoms with van der Waals surface area (Å²) in [5.41, 5.74) is 0.593. The fraction of sp³-hybridized carbons (Fsp3) is 0.286. The molecule has 7 heteroatoms. The van der Waals surface area contributed by atoms with Gasteiger partial charge in [0.25, 0.3) is 0 Å². The molecule has 0 amide bonds. The van der Waals surface area contributed by atoms with Crippen LogP contribution in [0.1, 0.15) is 35.9 Å². The van der Waals surface area contributed by atoms with Gasteiger partial charge in [-0.05, 0) is 38.1 Å². The van der Waals surface area contributed by atoms with E-state index in [2.05, 4.69) is 9.84 Å². The fourth-order valence-electron chi connectivity index (χ4n) is 1.87. The van der Waals surface area contributed by atoms with Gasteiger partial charge in [0, 0.05) is 11.6 Å². The molecule has 2 rings (SSSR count). The summed E-state index contributed by atoms with van der Waals surface area (Å²) in [7, 11) is 0. The molecule has 1 aromatic heterocycles. The summed E-state index contributed by atoms with van der Waals surface area (Å²) in [5, 5.41) is 4.31. The lowest BCUT2D eigenvalue weighted by atomic mass is 10.1. The van der Waals surface area contributed by atoms with Gasteiger partial charge in [-0.15, -0.1) is 0 Å². The molecule has 112 valence electrons. The van der Waals surface area contributed by atoms with E-state index in [1.807, 2.05) is 13.8 Å². The Hall–Kier alpha value is -1.95. The summed E-state index contributed by atoms with van der Waals surface area (Å²) >= 11 is 6.01. The predicted molar refractivity (Wildman–Crippen MR) is 74.1 cm³/mol. The van der Waals surface area contributed by atoms with E-state index in [0.29, 0.717) is 5.56 Å². The Labute approximate surface area is 125 Å². The molecule has 0 saturated carbocycles. The minimum absolute atomic E-state index is 0.00925. The Morgan fingerprint density at radius 2 is 1.90 bits per heavy atom. The quantitative estimate of drug-likeness (QED) is 0.785. The molecule has 0 radical (unpaired) electrons. The second-order valence-corrected chi connectivity index (χ2v) is 5.02. The average molecular weight is 315 g/mol. The molecule has 0 bridgehead atoms. The molecule has 0 aliphatic carbocycles. The molecule has 0 spiro atoms. The molecule has 0 unspecified atom stereocenters. The highest BCUT2D eigenvalue weighted by Gasteiger charge is 2.20. The van der Waals surface area contributed by atoms with Crippen molar-refractivity contribution in [3.8, 4) is 5.75 Å². The molecule has 0 aliphatic rings. The maximum absolute atomic E-state index is 12.5. The van der Waals surface area contributed by atoms with Crippen LogP contribution in [0.25, 0.3) is 0 Å². The SMILES string of the molecule is CC(C)n1ncc(Cl)c1C(=O)c1ccc(OC(F)F)cc1. The number of rotatable bonds is 5. The van der Waals surface area contributed by atoms with Crippen LogP contribution in [0.15, 0.2) is 30.5 Å². The van der Waals surface area contributed by atoms with Crippen molar-refractivity contribution in [1.82, 2.24) is 9.78 Å². The van der Waals surface area contributed by atoms with Crippen LogP contribution >= 0.6 is 11.6 Å². The lowest BCUT2D eigenvalue weighted by molar-refractivity contribution is -0.0498. The van der Waals surface area contributed by atoms with Crippen molar-refractivity contribution >= 4 is 17.4 Å². The van der Waals surface area contributed by atoms with Crippen molar-refractivity contribution in [2.75, 3.05) is 0 Å². The van der Waals surface area contributed by atoms with Crippen LogP contribution in [-0.4, -0.2) is 22.2 Å². The highest BCUT2D eigenvalue weighted by molar-refractivity contribution is 6.34. The van der Waals surface area contributed by atoms with E-state index in [-0.39, 0.29) is 28.3 Å². The number of halogens is 3. The maximum atomic E-state index is 12.5. The Morgan fingerprint density at radius 3 is 2.43 bits per heavy atom. The molecule has 0 atom stereocenters. The number of alkyl halides is 2. The van der Waals surface area contributed by atoms with E-state index in [1.165, 1.54) is 35.1 Å². The second kappa shape index (κ2) is 6.22. The highest BCUT2D eigenvalue weighted by atomic mass is 35.5. The Morgan fingerprint density at radius 1 is 1.29 bits per heavy atom. The van der Waals surface area contributed by atoms with Crippen LogP contribution in [0.4, 0.5) is 8.78 Å². The zero-order valence-corrected chi connectivity index (χ0v) is 12.1. The van der Waals surface area contributed by atoms with E-state index < -0.39 is 6.61 Å². The third kappa shape index (κ3) is 3.39. The molecule has 1 heterocycles. The number of carbonyl (C=O) groups excluding carboxylic acids is 1. The topological polar surface area (TPSA) is 44.1 Å². The van der Waals surface area contributed by atoms with Crippen LogP contribution in [0.5, 0.6) is 5.75 Å². The van der Waals surface area contributed by atoms with Crippen LogP contribution in [0.2, 0.25) is 5.02 Å². The Kier molecular flexibility index (Phi) is 4.57. The molecular formula is C14H13ClF2N2O2. The van der Waals surface area contributed by atoms with E-state index in [4.69, 9.17) is 11.6 Å². The third-order valence-electron chi connectivity index (χ3n) is 2.80. The number of hydrogen-bond acceptors (Lipinski definition) is 3. The van der Waals surface area contributed by atoms with Crippen LogP contribution < -0.4 is 4.74 Å². The van der Waals surface area contributed by atoms with Crippen LogP contribution in [0, 0.1) is 0 Å². The number of ketones is 1. The molecule has 4 nitrogen and oxygen atoms in total. The molecular weight excluding hydrogens is 302 g/mol. The Balaban J connectivity index is 2.30. The maximum Gasteiger partial charge on any atom is 0.387 e. The lowest BCUT2D eigenvalue weighted by Gasteiger charge is -2.11. The van der Waals surface area contributed by atoms with Gasteiger partial charge in [-0.2, -0.15) is 13.9 Å². The van der Waals surface area contributed by atoms with Gasteiger partial charge in [-0.25, -0.2) is 0 Å². The van der Waals surface area contributed by atoms with E-state index >= 15 is 0 Å². The minimum Gasteiger partial charge on any atom is -0.435 e. The predicted octanol–water partition coefficient (Wildman–Crippen LogP) is 3.95. The number of hydrogen-bond donors (Lipinski definition) is 0. The first-order valence-corrected chi connectivity index (χ1v) is 6.60. The van der Waals surface area contributed by atoms with Gasteiger partial charge < -0.3 is 4.74 Å². The standard InChI is InChI=1S/C14H13ClF2N2O2/c1-8(2)19-12(11(15)7-18-19)13(20)9-3-5-10(6-4-9)21-14(16)17/h3-8,14H,1-2H3. The monoisotopic (exact) mass is 314 g/mol. The molecule has 0 saturated heterocycles. The summed E-state index contributed by atoms with van der Waals surface area (Å²) in [4.78, 5) is 12.5. The summed E-state index contributed by atoms with van der Waals surface area (Å²) in [5.74, 6) is -0.334. The third-order valence-corrected chi connectivity index (χ3v) is 3.07. The van der Waals surface area contributed by atoms with Gasteiger partial charge >= 0.3 is 6.61 Å². The zero-order chi connectivity index (χ0) is 15.6. The normalized spacial score (nSPS) is 11.2. The first kappa shape index (κ1) is 15.4.